The Bertz CT molecular complexity index is 1250. The lowest BCUT2D eigenvalue weighted by Crippen LogP contribution is -2.38. The fourth-order valence-electron chi connectivity index (χ4n) is 6.16. The van der Waals surface area contributed by atoms with Crippen LogP contribution in [0.4, 0.5) is 10.3 Å². The van der Waals surface area contributed by atoms with Crippen LogP contribution >= 0.6 is 0 Å². The first kappa shape index (κ1) is 23.3. The third kappa shape index (κ3) is 4.42. The normalized spacial score (nSPS) is 26.9. The summed E-state index contributed by atoms with van der Waals surface area (Å²) in [7, 11) is 0. The Hall–Kier alpha value is -3.16. The molecule has 0 spiro atoms. The largest absolute Gasteiger partial charge is 0.374 e. The van der Waals surface area contributed by atoms with Gasteiger partial charge in [-0.25, -0.2) is 14.4 Å². The Labute approximate surface area is 211 Å². The highest BCUT2D eigenvalue weighted by atomic mass is 19.1. The van der Waals surface area contributed by atoms with E-state index in [0.29, 0.717) is 18.3 Å². The van der Waals surface area contributed by atoms with Crippen LogP contribution in [0, 0.1) is 31.6 Å². The van der Waals surface area contributed by atoms with Crippen molar-refractivity contribution < 1.29 is 9.50 Å². The number of hydrogen-bond donors (Lipinski definition) is 1. The molecule has 6 nitrogen and oxygen atoms in total. The molecule has 3 aliphatic heterocycles. The maximum Gasteiger partial charge on any atom is 0.225 e. The SMILES string of the molecule is Cc1cc(C)nc(N2CC3CN(C(O)C4=C(c5ccccc5)N=C5C=CC(F)=C[C@H]5CC4)CC3C2)n1. The average Bonchev–Trinajstić information content (AvgIpc) is 3.38. The molecule has 3 unspecified atom stereocenters. The first-order valence-electron chi connectivity index (χ1n) is 12.9. The van der Waals surface area contributed by atoms with Crippen molar-refractivity contribution in [3.8, 4) is 0 Å². The number of aromatic nitrogens is 2. The Morgan fingerprint density at radius 2 is 1.67 bits per heavy atom. The molecule has 4 atom stereocenters. The number of benzene rings is 1. The quantitative estimate of drug-likeness (QED) is 0.693. The second-order valence-electron chi connectivity index (χ2n) is 10.5. The van der Waals surface area contributed by atoms with Gasteiger partial charge in [-0.2, -0.15) is 0 Å². The zero-order valence-corrected chi connectivity index (χ0v) is 20.8. The smallest absolute Gasteiger partial charge is 0.225 e. The molecule has 186 valence electrons. The van der Waals surface area contributed by atoms with Crippen molar-refractivity contribution >= 4 is 17.4 Å². The second-order valence-corrected chi connectivity index (χ2v) is 10.5. The number of aliphatic hydroxyl groups excluding tert-OH is 1. The van der Waals surface area contributed by atoms with E-state index in [4.69, 9.17) is 4.99 Å². The molecule has 2 fully saturated rings. The first-order chi connectivity index (χ1) is 17.4. The zero-order chi connectivity index (χ0) is 24.8. The van der Waals surface area contributed by atoms with Crippen molar-refractivity contribution in [1.29, 1.82) is 0 Å². The molecule has 0 saturated carbocycles. The topological polar surface area (TPSA) is 64.9 Å². The van der Waals surface area contributed by atoms with Crippen molar-refractivity contribution in [3.63, 3.8) is 0 Å². The van der Waals surface area contributed by atoms with E-state index in [-0.39, 0.29) is 11.7 Å². The van der Waals surface area contributed by atoms with Crippen LogP contribution in [-0.4, -0.2) is 58.1 Å². The van der Waals surface area contributed by atoms with E-state index in [9.17, 15) is 9.50 Å². The van der Waals surface area contributed by atoms with Crippen LogP contribution in [0.1, 0.15) is 29.8 Å². The van der Waals surface area contributed by atoms with Crippen LogP contribution in [0.25, 0.3) is 5.70 Å². The molecular formula is C29H32FN5O. The van der Waals surface area contributed by atoms with Gasteiger partial charge in [-0.1, -0.05) is 30.3 Å². The number of hydrogen-bond acceptors (Lipinski definition) is 6. The standard InChI is InChI=1S/C29H32FN5O/c1-18-12-19(2)32-29(31-18)35-16-22-14-34(15-23(22)17-35)28(36)25-10-8-21-13-24(30)9-11-26(21)33-27(25)20-6-4-3-5-7-20/h3-7,9,11-13,21-23,28,36H,8,10,14-17H2,1-2H3/t21-,22?,23?,28?/m1/s1. The van der Waals surface area contributed by atoms with Gasteiger partial charge in [0.05, 0.1) is 5.70 Å². The minimum absolute atomic E-state index is 0.0669. The minimum Gasteiger partial charge on any atom is -0.374 e. The molecule has 1 aromatic carbocycles. The fourth-order valence-corrected chi connectivity index (χ4v) is 6.16. The van der Waals surface area contributed by atoms with Crippen molar-refractivity contribution in [3.05, 3.63) is 83.0 Å². The van der Waals surface area contributed by atoms with Gasteiger partial charge in [-0.05, 0) is 68.4 Å². The number of fused-ring (bicyclic) bond motifs is 2. The summed E-state index contributed by atoms with van der Waals surface area (Å²) < 4.78 is 14.0. The van der Waals surface area contributed by atoms with E-state index in [2.05, 4.69) is 19.8 Å². The molecule has 4 aliphatic rings. The Balaban J connectivity index is 1.24. The molecule has 0 radical (unpaired) electrons. The predicted molar refractivity (Wildman–Crippen MR) is 140 cm³/mol. The second kappa shape index (κ2) is 9.37. The Kier molecular flexibility index (Phi) is 6.05. The van der Waals surface area contributed by atoms with Gasteiger partial charge in [-0.15, -0.1) is 0 Å². The summed E-state index contributed by atoms with van der Waals surface area (Å²) in [6.07, 6.45) is 5.61. The van der Waals surface area contributed by atoms with E-state index >= 15 is 0 Å². The lowest BCUT2D eigenvalue weighted by molar-refractivity contribution is 0.0435. The number of halogens is 1. The third-order valence-electron chi connectivity index (χ3n) is 7.90. The molecule has 0 amide bonds. The number of nitrogens with zero attached hydrogens (tertiary/aromatic N) is 5. The third-order valence-corrected chi connectivity index (χ3v) is 7.90. The summed E-state index contributed by atoms with van der Waals surface area (Å²) >= 11 is 0. The zero-order valence-electron chi connectivity index (χ0n) is 20.8. The average molecular weight is 486 g/mol. The number of allylic oxidation sites excluding steroid dienone is 4. The van der Waals surface area contributed by atoms with Gasteiger partial charge < -0.3 is 10.0 Å². The van der Waals surface area contributed by atoms with Crippen LogP contribution in [-0.2, 0) is 0 Å². The van der Waals surface area contributed by atoms with Crippen LogP contribution in [0.15, 0.2) is 71.0 Å². The van der Waals surface area contributed by atoms with E-state index in [1.165, 1.54) is 6.08 Å². The van der Waals surface area contributed by atoms with Gasteiger partial charge in [0, 0.05) is 54.8 Å². The minimum atomic E-state index is -0.709. The summed E-state index contributed by atoms with van der Waals surface area (Å²) in [5, 5.41) is 11.7. The van der Waals surface area contributed by atoms with Crippen molar-refractivity contribution in [2.45, 2.75) is 32.9 Å². The predicted octanol–water partition coefficient (Wildman–Crippen LogP) is 4.47. The van der Waals surface area contributed by atoms with Crippen LogP contribution < -0.4 is 4.90 Å². The van der Waals surface area contributed by atoms with E-state index < -0.39 is 6.23 Å². The van der Waals surface area contributed by atoms with Crippen LogP contribution in [0.5, 0.6) is 0 Å². The van der Waals surface area contributed by atoms with Gasteiger partial charge in [-0.3, -0.25) is 9.89 Å². The lowest BCUT2D eigenvalue weighted by Gasteiger charge is -2.28. The Morgan fingerprint density at radius 1 is 0.972 bits per heavy atom. The molecule has 2 saturated heterocycles. The van der Waals surface area contributed by atoms with Gasteiger partial charge >= 0.3 is 0 Å². The van der Waals surface area contributed by atoms with E-state index in [1.807, 2.05) is 50.2 Å². The van der Waals surface area contributed by atoms with E-state index in [1.54, 1.807) is 12.2 Å². The number of anilines is 1. The maximum atomic E-state index is 14.0. The highest BCUT2D eigenvalue weighted by Crippen LogP contribution is 2.39. The summed E-state index contributed by atoms with van der Waals surface area (Å²) in [5.74, 6) is 1.46. The number of aliphatic imine (C=N–C) groups is 1. The molecule has 0 bridgehead atoms. The summed E-state index contributed by atoms with van der Waals surface area (Å²) in [6.45, 7) is 7.48. The highest BCUT2D eigenvalue weighted by Gasteiger charge is 2.43. The Morgan fingerprint density at radius 3 is 2.36 bits per heavy atom. The fraction of sp³-hybridized carbons (Fsp3) is 0.414. The monoisotopic (exact) mass is 485 g/mol. The van der Waals surface area contributed by atoms with E-state index in [0.717, 1.165) is 72.5 Å². The number of likely N-dealkylation sites (tertiary alicyclic amines) is 1. The maximum absolute atomic E-state index is 14.0. The summed E-state index contributed by atoms with van der Waals surface area (Å²) in [5.41, 5.74) is 5.59. The van der Waals surface area contributed by atoms with Crippen molar-refractivity contribution in [1.82, 2.24) is 14.9 Å². The molecule has 36 heavy (non-hydrogen) atoms. The highest BCUT2D eigenvalue weighted by molar-refractivity contribution is 6.03. The number of aliphatic hydroxyl groups is 1. The van der Waals surface area contributed by atoms with Crippen molar-refractivity contribution in [2.24, 2.45) is 22.7 Å². The molecule has 2 aromatic rings. The molecule has 7 heteroatoms. The number of aryl methyl sites for hydroxylation is 2. The summed E-state index contributed by atoms with van der Waals surface area (Å²) in [6, 6.07) is 12.1. The lowest BCUT2D eigenvalue weighted by atomic mass is 9.91. The van der Waals surface area contributed by atoms with Crippen LogP contribution in [0.2, 0.25) is 0 Å². The van der Waals surface area contributed by atoms with Crippen LogP contribution in [0.3, 0.4) is 0 Å². The molecule has 1 aliphatic carbocycles. The van der Waals surface area contributed by atoms with Crippen molar-refractivity contribution in [2.75, 3.05) is 31.1 Å². The molecule has 1 N–H and O–H groups in total. The summed E-state index contributed by atoms with van der Waals surface area (Å²) in [4.78, 5) is 18.8. The first-order valence-corrected chi connectivity index (χ1v) is 12.9. The van der Waals surface area contributed by atoms with Gasteiger partial charge in [0.1, 0.15) is 12.1 Å². The molecular weight excluding hydrogens is 453 g/mol. The van der Waals surface area contributed by atoms with Gasteiger partial charge in [0.25, 0.3) is 0 Å². The van der Waals surface area contributed by atoms with Gasteiger partial charge in [0.15, 0.2) is 0 Å². The van der Waals surface area contributed by atoms with Gasteiger partial charge in [0.2, 0.25) is 5.95 Å². The molecule has 6 rings (SSSR count). The number of rotatable bonds is 4. The molecule has 1 aromatic heterocycles. The molecule has 4 heterocycles.